The zero-order valence-electron chi connectivity index (χ0n) is 16.9. The van der Waals surface area contributed by atoms with E-state index in [-0.39, 0.29) is 6.10 Å². The molecule has 0 radical (unpaired) electrons. The van der Waals surface area contributed by atoms with Gasteiger partial charge in [-0.25, -0.2) is 0 Å². The van der Waals surface area contributed by atoms with Crippen LogP contribution in [0.2, 0.25) is 0 Å². The molecule has 1 unspecified atom stereocenters. The van der Waals surface area contributed by atoms with Crippen LogP contribution in [0, 0.1) is 0 Å². The molecule has 0 aromatic rings. The molecule has 2 nitrogen and oxygen atoms in total. The van der Waals surface area contributed by atoms with Crippen LogP contribution < -0.4 is 0 Å². The minimum absolute atomic E-state index is 0.199. The van der Waals surface area contributed by atoms with E-state index in [0.29, 0.717) is 12.2 Å². The lowest BCUT2D eigenvalue weighted by molar-refractivity contribution is -0.129. The second-order valence-electron chi connectivity index (χ2n) is 7.33. The summed E-state index contributed by atoms with van der Waals surface area (Å²) in [6.07, 6.45) is 20.0. The molecular formula is C22H44O2. The van der Waals surface area contributed by atoms with Crippen molar-refractivity contribution in [3.63, 3.8) is 0 Å². The smallest absolute Gasteiger partial charge is 0.161 e. The van der Waals surface area contributed by atoms with Crippen molar-refractivity contribution < 1.29 is 9.53 Å². The van der Waals surface area contributed by atoms with Gasteiger partial charge in [-0.1, -0.05) is 97.3 Å². The Morgan fingerprint density at radius 2 is 1.08 bits per heavy atom. The molecule has 2 heteroatoms. The van der Waals surface area contributed by atoms with Gasteiger partial charge in [0.05, 0.1) is 0 Å². The molecule has 0 N–H and O–H groups in total. The average molecular weight is 341 g/mol. The lowest BCUT2D eigenvalue weighted by atomic mass is 10.0. The molecule has 0 saturated carbocycles. The third-order valence-electron chi connectivity index (χ3n) is 4.85. The summed E-state index contributed by atoms with van der Waals surface area (Å²) >= 11 is 0. The lowest BCUT2D eigenvalue weighted by Gasteiger charge is -2.11. The Hall–Kier alpha value is -0.370. The van der Waals surface area contributed by atoms with Gasteiger partial charge < -0.3 is 4.74 Å². The van der Waals surface area contributed by atoms with Crippen LogP contribution in [0.1, 0.15) is 124 Å². The minimum atomic E-state index is -0.199. The van der Waals surface area contributed by atoms with E-state index < -0.39 is 0 Å². The van der Waals surface area contributed by atoms with E-state index in [4.69, 9.17) is 4.74 Å². The van der Waals surface area contributed by atoms with Crippen LogP contribution in [0.4, 0.5) is 0 Å². The highest BCUT2D eigenvalue weighted by Crippen LogP contribution is 2.13. The molecule has 0 saturated heterocycles. The Labute approximate surface area is 152 Å². The van der Waals surface area contributed by atoms with Gasteiger partial charge in [-0.2, -0.15) is 0 Å². The summed E-state index contributed by atoms with van der Waals surface area (Å²) in [6.45, 7) is 7.10. The van der Waals surface area contributed by atoms with Crippen molar-refractivity contribution in [2.24, 2.45) is 0 Å². The van der Waals surface area contributed by atoms with Gasteiger partial charge in [0.25, 0.3) is 0 Å². The second-order valence-corrected chi connectivity index (χ2v) is 7.33. The number of ether oxygens (including phenoxy) is 1. The van der Waals surface area contributed by atoms with Crippen molar-refractivity contribution in [3.05, 3.63) is 0 Å². The summed E-state index contributed by atoms with van der Waals surface area (Å²) in [5.74, 6) is 0.290. The van der Waals surface area contributed by atoms with Crippen molar-refractivity contribution in [1.29, 1.82) is 0 Å². The molecule has 0 fully saturated rings. The highest BCUT2D eigenvalue weighted by atomic mass is 16.5. The summed E-state index contributed by atoms with van der Waals surface area (Å²) < 4.78 is 5.61. The maximum absolute atomic E-state index is 12.0. The van der Waals surface area contributed by atoms with E-state index in [1.54, 1.807) is 0 Å². The zero-order valence-corrected chi connectivity index (χ0v) is 16.9. The van der Waals surface area contributed by atoms with Crippen molar-refractivity contribution >= 4 is 5.78 Å². The van der Waals surface area contributed by atoms with Gasteiger partial charge in [0.1, 0.15) is 6.10 Å². The zero-order chi connectivity index (χ0) is 17.9. The van der Waals surface area contributed by atoms with Crippen LogP contribution in [0.15, 0.2) is 0 Å². The summed E-state index contributed by atoms with van der Waals surface area (Å²) in [5.41, 5.74) is 0. The second kappa shape index (κ2) is 19.0. The molecule has 0 aliphatic carbocycles. The molecule has 144 valence electrons. The standard InChI is InChI=1S/C22H44O2/c1-4-6-8-9-10-11-12-13-14-15-16-17-19-22(23)21(3)24-20-18-7-5-2/h21H,4-20H2,1-3H3. The van der Waals surface area contributed by atoms with Crippen LogP contribution in [0.25, 0.3) is 0 Å². The average Bonchev–Trinajstić information content (AvgIpc) is 2.59. The number of hydrogen-bond donors (Lipinski definition) is 0. The van der Waals surface area contributed by atoms with Crippen molar-refractivity contribution in [1.82, 2.24) is 0 Å². The molecule has 0 aromatic heterocycles. The third-order valence-corrected chi connectivity index (χ3v) is 4.85. The van der Waals surface area contributed by atoms with Crippen LogP contribution in [-0.2, 0) is 9.53 Å². The fraction of sp³-hybridized carbons (Fsp3) is 0.955. The van der Waals surface area contributed by atoms with Crippen molar-refractivity contribution in [2.75, 3.05) is 6.61 Å². The van der Waals surface area contributed by atoms with Crippen LogP contribution >= 0.6 is 0 Å². The highest BCUT2D eigenvalue weighted by molar-refractivity contribution is 5.82. The third kappa shape index (κ3) is 16.5. The molecule has 0 rings (SSSR count). The molecule has 0 heterocycles. The SMILES string of the molecule is CCCCCCCCCCCCCCC(=O)C(C)OCCCCC. The maximum Gasteiger partial charge on any atom is 0.161 e. The molecule has 0 bridgehead atoms. The van der Waals surface area contributed by atoms with Crippen molar-refractivity contribution in [3.8, 4) is 0 Å². The van der Waals surface area contributed by atoms with E-state index in [9.17, 15) is 4.79 Å². The van der Waals surface area contributed by atoms with Gasteiger partial charge in [0.2, 0.25) is 0 Å². The molecular weight excluding hydrogens is 296 g/mol. The van der Waals surface area contributed by atoms with Crippen LogP contribution in [0.5, 0.6) is 0 Å². The topological polar surface area (TPSA) is 26.3 Å². The Balaban J connectivity index is 3.26. The summed E-state index contributed by atoms with van der Waals surface area (Å²) in [5, 5.41) is 0. The van der Waals surface area contributed by atoms with Crippen LogP contribution in [-0.4, -0.2) is 18.5 Å². The number of carbonyl (C=O) groups excluding carboxylic acids is 1. The summed E-state index contributed by atoms with van der Waals surface area (Å²) in [6, 6.07) is 0. The first-order valence-corrected chi connectivity index (χ1v) is 10.9. The number of ketones is 1. The number of hydrogen-bond acceptors (Lipinski definition) is 2. The molecule has 0 aromatic carbocycles. The van der Waals surface area contributed by atoms with Crippen molar-refractivity contribution in [2.45, 2.75) is 130 Å². The predicted molar refractivity (Wildman–Crippen MR) is 106 cm³/mol. The van der Waals surface area contributed by atoms with E-state index in [0.717, 1.165) is 19.4 Å². The quantitative estimate of drug-likeness (QED) is 0.232. The molecule has 0 amide bonds. The largest absolute Gasteiger partial charge is 0.371 e. The first-order chi connectivity index (χ1) is 11.7. The van der Waals surface area contributed by atoms with E-state index in [1.165, 1.54) is 83.5 Å². The molecule has 1 atom stereocenters. The summed E-state index contributed by atoms with van der Waals surface area (Å²) in [7, 11) is 0. The van der Waals surface area contributed by atoms with Gasteiger partial charge in [0, 0.05) is 13.0 Å². The fourth-order valence-electron chi connectivity index (χ4n) is 3.05. The van der Waals surface area contributed by atoms with Gasteiger partial charge in [-0.3, -0.25) is 4.79 Å². The molecule has 0 spiro atoms. The summed E-state index contributed by atoms with van der Waals surface area (Å²) in [4.78, 5) is 12.0. The fourth-order valence-corrected chi connectivity index (χ4v) is 3.05. The Morgan fingerprint density at radius 3 is 1.58 bits per heavy atom. The van der Waals surface area contributed by atoms with E-state index in [2.05, 4.69) is 13.8 Å². The number of Topliss-reactive ketones (excluding diaryl/α,β-unsaturated/α-hetero) is 1. The molecule has 24 heavy (non-hydrogen) atoms. The van der Waals surface area contributed by atoms with Gasteiger partial charge >= 0.3 is 0 Å². The maximum atomic E-state index is 12.0. The highest BCUT2D eigenvalue weighted by Gasteiger charge is 2.12. The van der Waals surface area contributed by atoms with Gasteiger partial charge in [-0.15, -0.1) is 0 Å². The number of carbonyl (C=O) groups is 1. The lowest BCUT2D eigenvalue weighted by Crippen LogP contribution is -2.21. The number of unbranched alkanes of at least 4 members (excludes halogenated alkanes) is 13. The first-order valence-electron chi connectivity index (χ1n) is 10.9. The van der Waals surface area contributed by atoms with Gasteiger partial charge in [0.15, 0.2) is 5.78 Å². The van der Waals surface area contributed by atoms with Gasteiger partial charge in [-0.05, 0) is 19.8 Å². The Kier molecular flexibility index (Phi) is 18.7. The van der Waals surface area contributed by atoms with E-state index in [1.807, 2.05) is 6.92 Å². The number of rotatable bonds is 19. The normalized spacial score (nSPS) is 12.5. The molecule has 0 aliphatic rings. The monoisotopic (exact) mass is 340 g/mol. The van der Waals surface area contributed by atoms with Crippen LogP contribution in [0.3, 0.4) is 0 Å². The van der Waals surface area contributed by atoms with E-state index >= 15 is 0 Å². The predicted octanol–water partition coefficient (Wildman–Crippen LogP) is 7.24. The minimum Gasteiger partial charge on any atom is -0.371 e. The molecule has 0 aliphatic heterocycles. The Morgan fingerprint density at radius 1 is 0.667 bits per heavy atom. The Bertz CT molecular complexity index is 263. The first kappa shape index (κ1) is 23.6.